The third kappa shape index (κ3) is 6.53. The summed E-state index contributed by atoms with van der Waals surface area (Å²) < 4.78 is 11.6. The fraction of sp³-hybridized carbons (Fsp3) is 0.429. The van der Waals surface area contributed by atoms with Crippen LogP contribution in [0.15, 0.2) is 48.5 Å². The molecule has 2 aromatic rings. The fourth-order valence-corrected chi connectivity index (χ4v) is 2.31. The molecular formula is C21H29NO2. The molecule has 0 amide bonds. The average Bonchev–Trinajstić information content (AvgIpc) is 2.53. The number of nitrogens with one attached hydrogen (secondary N) is 1. The monoisotopic (exact) mass is 327 g/mol. The van der Waals surface area contributed by atoms with Crippen LogP contribution in [0.1, 0.15) is 39.7 Å². The van der Waals surface area contributed by atoms with E-state index < -0.39 is 0 Å². The van der Waals surface area contributed by atoms with Gasteiger partial charge >= 0.3 is 0 Å². The summed E-state index contributed by atoms with van der Waals surface area (Å²) >= 11 is 0. The quantitative estimate of drug-likeness (QED) is 0.658. The lowest BCUT2D eigenvalue weighted by Gasteiger charge is -2.13. The van der Waals surface area contributed by atoms with Crippen LogP contribution in [0.2, 0.25) is 0 Å². The minimum absolute atomic E-state index is 0.180. The fourth-order valence-electron chi connectivity index (χ4n) is 2.31. The van der Waals surface area contributed by atoms with Crippen molar-refractivity contribution < 1.29 is 9.47 Å². The molecule has 0 aliphatic rings. The van der Waals surface area contributed by atoms with Crippen molar-refractivity contribution in [1.82, 2.24) is 0 Å². The molecule has 0 aromatic heterocycles. The van der Waals surface area contributed by atoms with Gasteiger partial charge in [0.25, 0.3) is 0 Å². The highest BCUT2D eigenvalue weighted by atomic mass is 16.5. The van der Waals surface area contributed by atoms with E-state index in [1.54, 1.807) is 0 Å². The van der Waals surface area contributed by atoms with Crippen LogP contribution in [0.4, 0.5) is 5.69 Å². The number of ether oxygens (including phenoxy) is 2. The molecule has 24 heavy (non-hydrogen) atoms. The number of hydrogen-bond donors (Lipinski definition) is 1. The zero-order valence-corrected chi connectivity index (χ0v) is 15.2. The summed E-state index contributed by atoms with van der Waals surface area (Å²) in [6, 6.07) is 16.3. The van der Waals surface area contributed by atoms with Gasteiger partial charge in [-0.3, -0.25) is 0 Å². The summed E-state index contributed by atoms with van der Waals surface area (Å²) in [5.74, 6) is 2.49. The van der Waals surface area contributed by atoms with Crippen LogP contribution in [0, 0.1) is 5.92 Å². The molecule has 0 radical (unpaired) electrons. The van der Waals surface area contributed by atoms with E-state index in [-0.39, 0.29) is 6.10 Å². The Morgan fingerprint density at radius 2 is 1.67 bits per heavy atom. The molecule has 0 atom stereocenters. The van der Waals surface area contributed by atoms with E-state index in [4.69, 9.17) is 9.47 Å². The van der Waals surface area contributed by atoms with E-state index in [1.165, 1.54) is 5.56 Å². The molecule has 0 heterocycles. The van der Waals surface area contributed by atoms with Crippen molar-refractivity contribution in [2.45, 2.75) is 46.8 Å². The van der Waals surface area contributed by atoms with Crippen LogP contribution < -0.4 is 14.8 Å². The van der Waals surface area contributed by atoms with E-state index in [0.717, 1.165) is 36.8 Å². The van der Waals surface area contributed by atoms with Crippen molar-refractivity contribution >= 4 is 5.69 Å². The van der Waals surface area contributed by atoms with Gasteiger partial charge in [0.05, 0.1) is 12.7 Å². The van der Waals surface area contributed by atoms with Crippen molar-refractivity contribution in [2.24, 2.45) is 5.92 Å². The highest BCUT2D eigenvalue weighted by Crippen LogP contribution is 2.20. The summed E-state index contributed by atoms with van der Waals surface area (Å²) in [4.78, 5) is 0. The van der Waals surface area contributed by atoms with Gasteiger partial charge in [-0.05, 0) is 56.0 Å². The summed E-state index contributed by atoms with van der Waals surface area (Å²) in [6.45, 7) is 10.0. The topological polar surface area (TPSA) is 30.5 Å². The Morgan fingerprint density at radius 1 is 0.917 bits per heavy atom. The molecule has 0 saturated carbocycles. The van der Waals surface area contributed by atoms with Gasteiger partial charge in [-0.15, -0.1) is 0 Å². The predicted molar refractivity (Wildman–Crippen MR) is 101 cm³/mol. The predicted octanol–water partition coefficient (Wildman–Crippen LogP) is 5.51. The smallest absolute Gasteiger partial charge is 0.121 e. The molecule has 2 rings (SSSR count). The molecule has 3 heteroatoms. The highest BCUT2D eigenvalue weighted by Gasteiger charge is 2.01. The van der Waals surface area contributed by atoms with Crippen LogP contribution in [-0.2, 0) is 6.54 Å². The van der Waals surface area contributed by atoms with Gasteiger partial charge in [0.2, 0.25) is 0 Å². The Bertz CT molecular complexity index is 623. The summed E-state index contributed by atoms with van der Waals surface area (Å²) in [5, 5.41) is 3.44. The van der Waals surface area contributed by atoms with E-state index in [2.05, 4.69) is 37.4 Å². The second-order valence-electron chi connectivity index (χ2n) is 6.73. The maximum Gasteiger partial charge on any atom is 0.121 e. The summed E-state index contributed by atoms with van der Waals surface area (Å²) in [5.41, 5.74) is 2.26. The molecule has 0 unspecified atom stereocenters. The van der Waals surface area contributed by atoms with Gasteiger partial charge in [-0.25, -0.2) is 0 Å². The molecule has 0 aliphatic heterocycles. The molecule has 3 nitrogen and oxygen atoms in total. The Balaban J connectivity index is 1.89. The van der Waals surface area contributed by atoms with Gasteiger partial charge in [-0.2, -0.15) is 0 Å². The Kier molecular flexibility index (Phi) is 6.98. The zero-order chi connectivity index (χ0) is 17.4. The van der Waals surface area contributed by atoms with Crippen LogP contribution in [-0.4, -0.2) is 12.7 Å². The van der Waals surface area contributed by atoms with Gasteiger partial charge in [0, 0.05) is 18.3 Å². The Labute approximate surface area is 146 Å². The van der Waals surface area contributed by atoms with Crippen molar-refractivity contribution in [3.63, 3.8) is 0 Å². The van der Waals surface area contributed by atoms with E-state index in [0.29, 0.717) is 5.92 Å². The molecule has 0 spiro atoms. The highest BCUT2D eigenvalue weighted by molar-refractivity contribution is 5.48. The summed E-state index contributed by atoms with van der Waals surface area (Å²) in [6.07, 6.45) is 1.26. The van der Waals surface area contributed by atoms with E-state index in [1.807, 2.05) is 44.2 Å². The lowest BCUT2D eigenvalue weighted by Crippen LogP contribution is -2.06. The number of anilines is 1. The second-order valence-corrected chi connectivity index (χ2v) is 6.73. The zero-order valence-electron chi connectivity index (χ0n) is 15.2. The van der Waals surface area contributed by atoms with Crippen molar-refractivity contribution in [1.29, 1.82) is 0 Å². The Hall–Kier alpha value is -2.16. The molecule has 2 aromatic carbocycles. The third-order valence-electron chi connectivity index (χ3n) is 3.56. The maximum atomic E-state index is 5.82. The van der Waals surface area contributed by atoms with Gasteiger partial charge in [0.15, 0.2) is 0 Å². The first-order valence-electron chi connectivity index (χ1n) is 8.75. The van der Waals surface area contributed by atoms with Crippen molar-refractivity contribution in [2.75, 3.05) is 11.9 Å². The largest absolute Gasteiger partial charge is 0.494 e. The number of benzene rings is 2. The third-order valence-corrected chi connectivity index (χ3v) is 3.56. The number of hydrogen-bond acceptors (Lipinski definition) is 3. The maximum absolute atomic E-state index is 5.82. The minimum atomic E-state index is 0.180. The normalized spacial score (nSPS) is 10.9. The van der Waals surface area contributed by atoms with Gasteiger partial charge < -0.3 is 14.8 Å². The van der Waals surface area contributed by atoms with Crippen LogP contribution in [0.5, 0.6) is 11.5 Å². The van der Waals surface area contributed by atoms with E-state index in [9.17, 15) is 0 Å². The van der Waals surface area contributed by atoms with Crippen molar-refractivity contribution in [3.05, 3.63) is 54.1 Å². The van der Waals surface area contributed by atoms with Gasteiger partial charge in [0.1, 0.15) is 11.5 Å². The lowest BCUT2D eigenvalue weighted by molar-refractivity contribution is 0.242. The first-order chi connectivity index (χ1) is 11.5. The Morgan fingerprint density at radius 3 is 2.42 bits per heavy atom. The first kappa shape index (κ1) is 18.2. The SMILES string of the molecule is CC(C)CCOc1cccc(CNc2cccc(OC(C)C)c2)c1. The molecule has 0 bridgehead atoms. The molecule has 0 fully saturated rings. The van der Waals surface area contributed by atoms with Crippen molar-refractivity contribution in [3.8, 4) is 11.5 Å². The number of rotatable bonds is 9. The minimum Gasteiger partial charge on any atom is -0.494 e. The van der Waals surface area contributed by atoms with Crippen LogP contribution >= 0.6 is 0 Å². The van der Waals surface area contributed by atoms with Crippen LogP contribution in [0.25, 0.3) is 0 Å². The van der Waals surface area contributed by atoms with E-state index >= 15 is 0 Å². The molecular weight excluding hydrogens is 298 g/mol. The standard InChI is InChI=1S/C21H29NO2/c1-16(2)11-12-23-20-9-5-7-18(13-20)15-22-19-8-6-10-21(14-19)24-17(3)4/h5-10,13-14,16-17,22H,11-12,15H2,1-4H3. The van der Waals surface area contributed by atoms with Gasteiger partial charge in [-0.1, -0.05) is 32.0 Å². The summed E-state index contributed by atoms with van der Waals surface area (Å²) in [7, 11) is 0. The average molecular weight is 327 g/mol. The molecule has 1 N–H and O–H groups in total. The first-order valence-corrected chi connectivity index (χ1v) is 8.75. The lowest BCUT2D eigenvalue weighted by atomic mass is 10.1. The molecule has 0 saturated heterocycles. The second kappa shape index (κ2) is 9.21. The van der Waals surface area contributed by atoms with Crippen LogP contribution in [0.3, 0.4) is 0 Å². The molecule has 130 valence electrons. The molecule has 0 aliphatic carbocycles.